The van der Waals surface area contributed by atoms with Crippen molar-refractivity contribution >= 4 is 35.2 Å². The van der Waals surface area contributed by atoms with Gasteiger partial charge in [-0.2, -0.15) is 5.10 Å². The fourth-order valence-electron chi connectivity index (χ4n) is 2.36. The second kappa shape index (κ2) is 6.43. The van der Waals surface area contributed by atoms with E-state index in [-0.39, 0.29) is 35.8 Å². The van der Waals surface area contributed by atoms with Crippen LogP contribution in [-0.2, 0) is 4.79 Å². The minimum Gasteiger partial charge on any atom is -0.476 e. The summed E-state index contributed by atoms with van der Waals surface area (Å²) in [4.78, 5) is 47.8. The van der Waals surface area contributed by atoms with Crippen LogP contribution in [-0.4, -0.2) is 45.7 Å². The van der Waals surface area contributed by atoms with Gasteiger partial charge in [-0.05, 0) is 18.2 Å². The Bertz CT molecular complexity index is 875. The number of carboxylic acids is 1. The molecule has 128 valence electrons. The first-order valence-corrected chi connectivity index (χ1v) is 7.25. The first-order valence-electron chi connectivity index (χ1n) is 7.25. The molecule has 1 fully saturated rings. The van der Waals surface area contributed by atoms with Crippen molar-refractivity contribution in [3.63, 3.8) is 0 Å². The van der Waals surface area contributed by atoms with E-state index in [1.807, 2.05) is 0 Å². The highest BCUT2D eigenvalue weighted by molar-refractivity contribution is 6.09. The van der Waals surface area contributed by atoms with Crippen molar-refractivity contribution in [1.29, 1.82) is 0 Å². The van der Waals surface area contributed by atoms with Crippen LogP contribution in [0.5, 0.6) is 0 Å². The van der Waals surface area contributed by atoms with Crippen LogP contribution in [0.25, 0.3) is 0 Å². The summed E-state index contributed by atoms with van der Waals surface area (Å²) in [5.41, 5.74) is 0.464. The number of urea groups is 1. The topological polar surface area (TPSA) is 144 Å². The number of carboxylic acid groups (broad SMARTS) is 1. The van der Waals surface area contributed by atoms with E-state index in [1.165, 1.54) is 23.2 Å². The zero-order valence-electron chi connectivity index (χ0n) is 12.8. The normalized spacial score (nSPS) is 14.2. The van der Waals surface area contributed by atoms with Gasteiger partial charge in [-0.3, -0.25) is 24.9 Å². The number of amides is 4. The molecule has 0 spiro atoms. The molecule has 0 atom stereocenters. The minimum absolute atomic E-state index is 0.0317. The smallest absolute Gasteiger partial charge is 0.356 e. The van der Waals surface area contributed by atoms with Gasteiger partial charge in [-0.25, -0.2) is 9.59 Å². The van der Waals surface area contributed by atoms with Gasteiger partial charge in [0.2, 0.25) is 5.91 Å². The van der Waals surface area contributed by atoms with Crippen molar-refractivity contribution in [2.75, 3.05) is 16.8 Å². The molecule has 25 heavy (non-hydrogen) atoms. The SMILES string of the molecule is O=C1CCN(c2cccc(C(=O)Nc3cn[nH]c3C(=O)O)c2)C(=O)N1. The summed E-state index contributed by atoms with van der Waals surface area (Å²) in [6.45, 7) is 0.209. The van der Waals surface area contributed by atoms with Gasteiger partial charge in [-0.1, -0.05) is 6.07 Å². The quantitative estimate of drug-likeness (QED) is 0.646. The van der Waals surface area contributed by atoms with Crippen LogP contribution >= 0.6 is 0 Å². The van der Waals surface area contributed by atoms with E-state index in [4.69, 9.17) is 5.11 Å². The number of anilines is 2. The maximum absolute atomic E-state index is 12.3. The van der Waals surface area contributed by atoms with E-state index in [2.05, 4.69) is 20.8 Å². The Kier molecular flexibility index (Phi) is 4.16. The van der Waals surface area contributed by atoms with Crippen LogP contribution in [0.4, 0.5) is 16.2 Å². The molecule has 4 N–H and O–H groups in total. The summed E-state index contributed by atoms with van der Waals surface area (Å²) in [5.74, 6) is -2.16. The number of aromatic carboxylic acids is 1. The Morgan fingerprint density at radius 2 is 2.08 bits per heavy atom. The Labute approximate surface area is 140 Å². The van der Waals surface area contributed by atoms with Crippen molar-refractivity contribution in [3.05, 3.63) is 41.7 Å². The van der Waals surface area contributed by atoms with Crippen LogP contribution in [0.15, 0.2) is 30.5 Å². The molecule has 2 aromatic rings. The number of aromatic amines is 1. The Morgan fingerprint density at radius 1 is 1.28 bits per heavy atom. The molecule has 10 nitrogen and oxygen atoms in total. The number of benzene rings is 1. The first kappa shape index (κ1) is 16.2. The number of carbonyl (C=O) groups is 4. The largest absolute Gasteiger partial charge is 0.476 e. The average Bonchev–Trinajstić information content (AvgIpc) is 3.03. The Hall–Kier alpha value is -3.69. The van der Waals surface area contributed by atoms with Crippen LogP contribution in [0, 0.1) is 0 Å². The summed E-state index contributed by atoms with van der Waals surface area (Å²) >= 11 is 0. The molecular weight excluding hydrogens is 330 g/mol. The van der Waals surface area contributed by atoms with Gasteiger partial charge in [0.25, 0.3) is 5.91 Å². The molecule has 2 heterocycles. The van der Waals surface area contributed by atoms with Crippen molar-refractivity contribution in [2.24, 2.45) is 0 Å². The van der Waals surface area contributed by atoms with Crippen molar-refractivity contribution in [3.8, 4) is 0 Å². The predicted molar refractivity (Wildman–Crippen MR) is 85.4 cm³/mol. The molecule has 1 aromatic heterocycles. The number of rotatable bonds is 4. The fourth-order valence-corrected chi connectivity index (χ4v) is 2.36. The molecule has 0 radical (unpaired) electrons. The third kappa shape index (κ3) is 3.32. The molecule has 4 amide bonds. The fraction of sp³-hybridized carbons (Fsp3) is 0.133. The Morgan fingerprint density at radius 3 is 2.80 bits per heavy atom. The van der Waals surface area contributed by atoms with Crippen LogP contribution < -0.4 is 15.5 Å². The minimum atomic E-state index is -1.25. The zero-order valence-corrected chi connectivity index (χ0v) is 12.8. The molecular formula is C15H13N5O5. The van der Waals surface area contributed by atoms with Crippen molar-refractivity contribution in [1.82, 2.24) is 15.5 Å². The van der Waals surface area contributed by atoms with Gasteiger partial charge in [0.15, 0.2) is 5.69 Å². The lowest BCUT2D eigenvalue weighted by Gasteiger charge is -2.26. The highest BCUT2D eigenvalue weighted by atomic mass is 16.4. The van der Waals surface area contributed by atoms with Crippen LogP contribution in [0.1, 0.15) is 27.3 Å². The number of hydrogen-bond donors (Lipinski definition) is 4. The summed E-state index contributed by atoms with van der Waals surface area (Å²) in [6.07, 6.45) is 1.36. The van der Waals surface area contributed by atoms with E-state index in [9.17, 15) is 19.2 Å². The lowest BCUT2D eigenvalue weighted by molar-refractivity contribution is -0.120. The zero-order chi connectivity index (χ0) is 18.0. The maximum Gasteiger partial charge on any atom is 0.356 e. The van der Waals surface area contributed by atoms with E-state index in [1.54, 1.807) is 12.1 Å². The average molecular weight is 343 g/mol. The highest BCUT2D eigenvalue weighted by Crippen LogP contribution is 2.20. The number of aromatic nitrogens is 2. The number of nitrogens with one attached hydrogen (secondary N) is 3. The van der Waals surface area contributed by atoms with Gasteiger partial charge >= 0.3 is 12.0 Å². The lowest BCUT2D eigenvalue weighted by Crippen LogP contribution is -2.49. The summed E-state index contributed by atoms with van der Waals surface area (Å²) in [7, 11) is 0. The highest BCUT2D eigenvalue weighted by Gasteiger charge is 2.25. The van der Waals surface area contributed by atoms with Gasteiger partial charge in [-0.15, -0.1) is 0 Å². The molecule has 0 aliphatic carbocycles. The summed E-state index contributed by atoms with van der Waals surface area (Å²) in [6, 6.07) is 5.66. The van der Waals surface area contributed by atoms with E-state index in [0.717, 1.165) is 0 Å². The molecule has 0 bridgehead atoms. The van der Waals surface area contributed by atoms with E-state index in [0.29, 0.717) is 5.69 Å². The van der Waals surface area contributed by atoms with Crippen molar-refractivity contribution < 1.29 is 24.3 Å². The first-order chi connectivity index (χ1) is 12.0. The maximum atomic E-state index is 12.3. The molecule has 10 heteroatoms. The number of hydrogen-bond acceptors (Lipinski definition) is 5. The van der Waals surface area contributed by atoms with Crippen molar-refractivity contribution in [2.45, 2.75) is 6.42 Å². The molecule has 3 rings (SSSR count). The van der Waals surface area contributed by atoms with Gasteiger partial charge < -0.3 is 10.4 Å². The molecule has 0 unspecified atom stereocenters. The van der Waals surface area contributed by atoms with Gasteiger partial charge in [0.1, 0.15) is 0 Å². The van der Waals surface area contributed by atoms with E-state index < -0.39 is 17.9 Å². The number of H-pyrrole nitrogens is 1. The molecule has 1 saturated heterocycles. The summed E-state index contributed by atoms with van der Waals surface area (Å²) in [5, 5.41) is 19.5. The number of nitrogens with zero attached hydrogens (tertiary/aromatic N) is 2. The number of carbonyl (C=O) groups excluding carboxylic acids is 3. The summed E-state index contributed by atoms with van der Waals surface area (Å²) < 4.78 is 0. The molecule has 0 saturated carbocycles. The van der Waals surface area contributed by atoms with Gasteiger partial charge in [0.05, 0.1) is 11.9 Å². The standard InChI is InChI=1S/C15H13N5O5/c21-11-4-5-20(15(25)18-11)9-3-1-2-8(6-9)13(22)17-10-7-16-19-12(10)14(23)24/h1-3,6-7H,4-5H2,(H,16,19)(H,17,22)(H,23,24)(H,18,21,25). The second-order valence-electron chi connectivity index (χ2n) is 5.22. The molecule has 1 aliphatic rings. The Balaban J connectivity index is 1.80. The predicted octanol–water partition coefficient (Wildman–Crippen LogP) is 0.806. The second-order valence-corrected chi connectivity index (χ2v) is 5.22. The van der Waals surface area contributed by atoms with Gasteiger partial charge in [0, 0.05) is 24.2 Å². The van der Waals surface area contributed by atoms with Crippen LogP contribution in [0.3, 0.4) is 0 Å². The monoisotopic (exact) mass is 343 g/mol. The third-order valence-electron chi connectivity index (χ3n) is 3.58. The molecule has 1 aromatic carbocycles. The van der Waals surface area contributed by atoms with Crippen LogP contribution in [0.2, 0.25) is 0 Å². The van der Waals surface area contributed by atoms with E-state index >= 15 is 0 Å². The third-order valence-corrected chi connectivity index (χ3v) is 3.58. The number of imide groups is 1. The molecule has 1 aliphatic heterocycles. The lowest BCUT2D eigenvalue weighted by atomic mass is 10.1.